The zero-order chi connectivity index (χ0) is 19.2. The van der Waals surface area contributed by atoms with Gasteiger partial charge in [0, 0.05) is 5.56 Å². The monoisotopic (exact) mass is 366 g/mol. The molecule has 0 saturated carbocycles. The molecule has 0 fully saturated rings. The number of nitrogens with one attached hydrogen (secondary N) is 2. The van der Waals surface area contributed by atoms with Crippen LogP contribution in [0, 0.1) is 0 Å². The molecule has 8 heteroatoms. The van der Waals surface area contributed by atoms with Gasteiger partial charge in [-0.15, -0.1) is 0 Å². The molecule has 0 bridgehead atoms. The predicted molar refractivity (Wildman–Crippen MR) is 100 cm³/mol. The van der Waals surface area contributed by atoms with Crippen molar-refractivity contribution in [2.75, 3.05) is 14.2 Å². The zero-order valence-corrected chi connectivity index (χ0v) is 14.8. The summed E-state index contributed by atoms with van der Waals surface area (Å²) in [4.78, 5) is 12.2. The number of amides is 1. The number of H-pyrrole nitrogens is 1. The summed E-state index contributed by atoms with van der Waals surface area (Å²) >= 11 is 0. The van der Waals surface area contributed by atoms with Crippen molar-refractivity contribution in [3.05, 3.63) is 59.8 Å². The fourth-order valence-electron chi connectivity index (χ4n) is 2.36. The van der Waals surface area contributed by atoms with E-state index in [2.05, 4.69) is 20.7 Å². The Bertz CT molecular complexity index is 964. The molecule has 3 aromatic rings. The van der Waals surface area contributed by atoms with E-state index in [1.807, 2.05) is 24.3 Å². The summed E-state index contributed by atoms with van der Waals surface area (Å²) in [7, 11) is 3.06. The molecule has 8 nitrogen and oxygen atoms in total. The van der Waals surface area contributed by atoms with Gasteiger partial charge in [0.05, 0.1) is 26.1 Å². The van der Waals surface area contributed by atoms with Crippen molar-refractivity contribution < 1.29 is 19.4 Å². The van der Waals surface area contributed by atoms with E-state index in [0.717, 1.165) is 11.3 Å². The second-order valence-electron chi connectivity index (χ2n) is 5.53. The summed E-state index contributed by atoms with van der Waals surface area (Å²) in [5, 5.41) is 20.4. The summed E-state index contributed by atoms with van der Waals surface area (Å²) in [5.41, 5.74) is 4.77. The number of hydrazone groups is 1. The number of methoxy groups -OCH3 is 2. The number of nitrogens with zero attached hydrogens (tertiary/aromatic N) is 2. The standard InChI is InChI=1S/C19H18N4O4/c1-26-14-6-4-13(5-7-14)15-10-16(22-21-15)19(25)23-20-11-12-3-8-18(27-2)17(24)9-12/h3-11,24H,1-2H3,(H,21,22)(H,23,25). The molecule has 0 aliphatic rings. The first-order valence-corrected chi connectivity index (χ1v) is 8.01. The topological polar surface area (TPSA) is 109 Å². The number of phenols is 1. The molecule has 0 aliphatic carbocycles. The Morgan fingerprint density at radius 2 is 1.93 bits per heavy atom. The van der Waals surface area contributed by atoms with Gasteiger partial charge in [-0.1, -0.05) is 0 Å². The summed E-state index contributed by atoms with van der Waals surface area (Å²) in [6.07, 6.45) is 1.41. The molecule has 0 unspecified atom stereocenters. The van der Waals surface area contributed by atoms with E-state index in [4.69, 9.17) is 9.47 Å². The molecular formula is C19H18N4O4. The molecule has 3 rings (SSSR count). The third-order valence-corrected chi connectivity index (χ3v) is 3.79. The van der Waals surface area contributed by atoms with Crippen molar-refractivity contribution in [1.29, 1.82) is 0 Å². The third kappa shape index (κ3) is 4.24. The first-order valence-electron chi connectivity index (χ1n) is 8.01. The van der Waals surface area contributed by atoms with Gasteiger partial charge < -0.3 is 14.6 Å². The highest BCUT2D eigenvalue weighted by Gasteiger charge is 2.10. The highest BCUT2D eigenvalue weighted by Crippen LogP contribution is 2.25. The van der Waals surface area contributed by atoms with Gasteiger partial charge in [0.25, 0.3) is 5.91 Å². The number of carbonyl (C=O) groups is 1. The molecule has 1 aromatic heterocycles. The minimum absolute atomic E-state index is 0.00882. The van der Waals surface area contributed by atoms with Crippen LogP contribution in [0.1, 0.15) is 16.1 Å². The third-order valence-electron chi connectivity index (χ3n) is 3.79. The maximum absolute atomic E-state index is 12.2. The van der Waals surface area contributed by atoms with Crippen LogP contribution in [0.4, 0.5) is 0 Å². The van der Waals surface area contributed by atoms with Crippen LogP contribution >= 0.6 is 0 Å². The maximum atomic E-state index is 12.2. The Hall–Kier alpha value is -3.81. The molecule has 2 aromatic carbocycles. The molecule has 0 saturated heterocycles. The summed E-state index contributed by atoms with van der Waals surface area (Å²) in [6.45, 7) is 0. The van der Waals surface area contributed by atoms with Crippen LogP contribution in [0.2, 0.25) is 0 Å². The second-order valence-corrected chi connectivity index (χ2v) is 5.53. The Morgan fingerprint density at radius 3 is 2.59 bits per heavy atom. The van der Waals surface area contributed by atoms with Crippen molar-refractivity contribution in [2.24, 2.45) is 5.10 Å². The van der Waals surface area contributed by atoms with Gasteiger partial charge in [0.15, 0.2) is 11.5 Å². The number of hydrogen-bond donors (Lipinski definition) is 3. The quantitative estimate of drug-likeness (QED) is 0.459. The minimum atomic E-state index is -0.434. The van der Waals surface area contributed by atoms with Crippen molar-refractivity contribution >= 4 is 12.1 Å². The molecule has 27 heavy (non-hydrogen) atoms. The number of benzene rings is 2. The Kier molecular flexibility index (Phi) is 5.36. The second kappa shape index (κ2) is 8.05. The van der Waals surface area contributed by atoms with E-state index in [1.54, 1.807) is 25.3 Å². The Labute approximate surface area is 155 Å². The Balaban J connectivity index is 1.64. The number of aromatic hydroxyl groups is 1. The van der Waals surface area contributed by atoms with Crippen molar-refractivity contribution in [1.82, 2.24) is 15.6 Å². The number of ether oxygens (including phenoxy) is 2. The van der Waals surface area contributed by atoms with E-state index in [9.17, 15) is 9.90 Å². The van der Waals surface area contributed by atoms with Crippen LogP contribution in [-0.4, -0.2) is 41.6 Å². The molecule has 0 spiro atoms. The molecule has 3 N–H and O–H groups in total. The fourth-order valence-corrected chi connectivity index (χ4v) is 2.36. The SMILES string of the molecule is COc1ccc(-c2cc(C(=O)NN=Cc3ccc(OC)c(O)c3)[nH]n2)cc1. The van der Waals surface area contributed by atoms with Crippen LogP contribution in [0.5, 0.6) is 17.2 Å². The number of rotatable bonds is 6. The molecular weight excluding hydrogens is 348 g/mol. The number of phenolic OH excluding ortho intramolecular Hbond substituents is 1. The number of hydrogen-bond acceptors (Lipinski definition) is 6. The van der Waals surface area contributed by atoms with Crippen LogP contribution in [0.15, 0.2) is 53.6 Å². The lowest BCUT2D eigenvalue weighted by atomic mass is 10.1. The average molecular weight is 366 g/mol. The predicted octanol–water partition coefficient (Wildman–Crippen LogP) is 2.56. The summed E-state index contributed by atoms with van der Waals surface area (Å²) < 4.78 is 10.1. The van der Waals surface area contributed by atoms with E-state index >= 15 is 0 Å². The van der Waals surface area contributed by atoms with Crippen LogP contribution in [0.3, 0.4) is 0 Å². The van der Waals surface area contributed by atoms with Gasteiger partial charge >= 0.3 is 0 Å². The fraction of sp³-hybridized carbons (Fsp3) is 0.105. The van der Waals surface area contributed by atoms with E-state index in [-0.39, 0.29) is 11.4 Å². The maximum Gasteiger partial charge on any atom is 0.289 e. The number of aromatic amines is 1. The normalized spacial score (nSPS) is 10.7. The van der Waals surface area contributed by atoms with Gasteiger partial charge in [-0.2, -0.15) is 10.2 Å². The lowest BCUT2D eigenvalue weighted by Gasteiger charge is -2.03. The Morgan fingerprint density at radius 1 is 1.15 bits per heavy atom. The lowest BCUT2D eigenvalue weighted by Crippen LogP contribution is -2.17. The van der Waals surface area contributed by atoms with Gasteiger partial charge in [-0.3, -0.25) is 9.89 Å². The minimum Gasteiger partial charge on any atom is -0.504 e. The molecule has 0 atom stereocenters. The van der Waals surface area contributed by atoms with E-state index in [0.29, 0.717) is 17.0 Å². The molecule has 0 radical (unpaired) electrons. The first kappa shape index (κ1) is 18.0. The highest BCUT2D eigenvalue weighted by molar-refractivity contribution is 5.94. The van der Waals surface area contributed by atoms with Gasteiger partial charge in [0.2, 0.25) is 0 Å². The molecule has 1 amide bonds. The van der Waals surface area contributed by atoms with Gasteiger partial charge in [-0.05, 0) is 54.1 Å². The van der Waals surface area contributed by atoms with Gasteiger partial charge in [-0.25, -0.2) is 5.43 Å². The van der Waals surface area contributed by atoms with Gasteiger partial charge in [0.1, 0.15) is 11.4 Å². The average Bonchev–Trinajstić information content (AvgIpc) is 3.18. The van der Waals surface area contributed by atoms with Crippen molar-refractivity contribution in [3.63, 3.8) is 0 Å². The van der Waals surface area contributed by atoms with E-state index in [1.165, 1.54) is 19.4 Å². The lowest BCUT2D eigenvalue weighted by molar-refractivity contribution is 0.0950. The van der Waals surface area contributed by atoms with Crippen molar-refractivity contribution in [3.8, 4) is 28.5 Å². The molecule has 138 valence electrons. The summed E-state index contributed by atoms with van der Waals surface area (Å²) in [6, 6.07) is 13.8. The van der Waals surface area contributed by atoms with E-state index < -0.39 is 5.91 Å². The van der Waals surface area contributed by atoms with Crippen LogP contribution in [-0.2, 0) is 0 Å². The smallest absolute Gasteiger partial charge is 0.289 e. The number of aromatic nitrogens is 2. The highest BCUT2D eigenvalue weighted by atomic mass is 16.5. The zero-order valence-electron chi connectivity index (χ0n) is 14.8. The van der Waals surface area contributed by atoms with Crippen molar-refractivity contribution in [2.45, 2.75) is 0 Å². The number of carbonyl (C=O) groups excluding carboxylic acids is 1. The van der Waals surface area contributed by atoms with Crippen LogP contribution < -0.4 is 14.9 Å². The molecule has 1 heterocycles. The molecule has 0 aliphatic heterocycles. The first-order chi connectivity index (χ1) is 13.1. The largest absolute Gasteiger partial charge is 0.504 e. The summed E-state index contributed by atoms with van der Waals surface area (Å²) in [5.74, 6) is 0.660. The van der Waals surface area contributed by atoms with Crippen LogP contribution in [0.25, 0.3) is 11.3 Å².